The molecule has 1 aromatic heterocycles. The smallest absolute Gasteiger partial charge is 0.434 e. The van der Waals surface area contributed by atoms with Crippen molar-refractivity contribution in [1.82, 2.24) is 10.2 Å². The van der Waals surface area contributed by atoms with Crippen molar-refractivity contribution < 1.29 is 27.5 Å². The van der Waals surface area contributed by atoms with Crippen LogP contribution < -0.4 is 20.1 Å². The van der Waals surface area contributed by atoms with E-state index in [4.69, 9.17) is 14.3 Å². The van der Waals surface area contributed by atoms with Gasteiger partial charge < -0.3 is 14.3 Å². The normalized spacial score (nSPS) is 17.6. The molecular formula is C22H22N4O7S. The van der Waals surface area contributed by atoms with Gasteiger partial charge >= 0.3 is 11.8 Å². The summed E-state index contributed by atoms with van der Waals surface area (Å²) in [6.45, 7) is -0.00578. The van der Waals surface area contributed by atoms with Gasteiger partial charge in [0, 0.05) is 12.1 Å². The lowest BCUT2D eigenvalue weighted by molar-refractivity contribution is 0.186. The van der Waals surface area contributed by atoms with E-state index in [1.54, 1.807) is 18.2 Å². The van der Waals surface area contributed by atoms with E-state index in [1.807, 2.05) is 6.07 Å². The van der Waals surface area contributed by atoms with Crippen LogP contribution in [0.15, 0.2) is 56.6 Å². The van der Waals surface area contributed by atoms with Crippen LogP contribution in [0.2, 0.25) is 0 Å². The monoisotopic (exact) mass is 486 g/mol. The summed E-state index contributed by atoms with van der Waals surface area (Å²) in [5.74, 6) is 0.224. The summed E-state index contributed by atoms with van der Waals surface area (Å²) >= 11 is 0. The number of anilines is 2. The molecule has 1 amide bonds. The maximum Gasteiger partial charge on any atom is 0.434 e. The molecule has 3 aromatic rings. The third kappa shape index (κ3) is 4.49. The molecule has 1 aliphatic carbocycles. The number of benzene rings is 2. The van der Waals surface area contributed by atoms with Crippen molar-refractivity contribution in [3.63, 3.8) is 0 Å². The Bertz CT molecular complexity index is 1390. The van der Waals surface area contributed by atoms with Gasteiger partial charge in [-0.15, -0.1) is 5.10 Å². The van der Waals surface area contributed by atoms with Crippen LogP contribution in [0.5, 0.6) is 5.75 Å². The van der Waals surface area contributed by atoms with Crippen molar-refractivity contribution in [2.24, 2.45) is 0 Å². The van der Waals surface area contributed by atoms with E-state index >= 15 is 0 Å². The second-order valence-electron chi connectivity index (χ2n) is 8.28. The van der Waals surface area contributed by atoms with E-state index in [9.17, 15) is 18.0 Å². The number of nitrogens with one attached hydrogen (secondary N) is 2. The van der Waals surface area contributed by atoms with Crippen molar-refractivity contribution >= 4 is 27.5 Å². The van der Waals surface area contributed by atoms with Gasteiger partial charge in [-0.25, -0.2) is 23.1 Å². The summed E-state index contributed by atoms with van der Waals surface area (Å²) in [7, 11) is -3.98. The highest BCUT2D eigenvalue weighted by Gasteiger charge is 2.36. The summed E-state index contributed by atoms with van der Waals surface area (Å²) in [6, 6.07) is 11.4. The average Bonchev–Trinajstić information content (AvgIpc) is 3.58. The van der Waals surface area contributed by atoms with Gasteiger partial charge in [0.05, 0.1) is 17.1 Å². The first-order valence-electron chi connectivity index (χ1n) is 10.8. The Balaban J connectivity index is 1.49. The van der Waals surface area contributed by atoms with Gasteiger partial charge in [-0.3, -0.25) is 9.62 Å². The number of hydrogen-bond donors (Lipinski definition) is 3. The number of carbonyl (C=O) groups is 1. The van der Waals surface area contributed by atoms with Gasteiger partial charge in [-0.2, -0.15) is 0 Å². The minimum atomic E-state index is -3.98. The molecule has 34 heavy (non-hydrogen) atoms. The molecule has 5 rings (SSSR count). The van der Waals surface area contributed by atoms with Crippen LogP contribution in [0.4, 0.5) is 16.2 Å². The van der Waals surface area contributed by atoms with Gasteiger partial charge in [-0.05, 0) is 61.1 Å². The zero-order valence-electron chi connectivity index (χ0n) is 17.9. The summed E-state index contributed by atoms with van der Waals surface area (Å²) in [5, 5.41) is 17.3. The van der Waals surface area contributed by atoms with Crippen LogP contribution in [0.3, 0.4) is 0 Å². The number of hydrogen-bond acceptors (Lipinski definition) is 7. The van der Waals surface area contributed by atoms with Crippen molar-refractivity contribution in [2.75, 3.05) is 16.2 Å². The molecule has 12 heteroatoms. The molecule has 0 radical (unpaired) electrons. The number of H-pyrrole nitrogens is 1. The second kappa shape index (κ2) is 8.52. The summed E-state index contributed by atoms with van der Waals surface area (Å²) in [5.41, 5.74) is 1.45. The lowest BCUT2D eigenvalue weighted by Crippen LogP contribution is -2.43. The van der Waals surface area contributed by atoms with Crippen LogP contribution in [-0.2, 0) is 16.4 Å². The van der Waals surface area contributed by atoms with Crippen LogP contribution >= 0.6 is 0 Å². The second-order valence-corrected chi connectivity index (χ2v) is 10.1. The lowest BCUT2D eigenvalue weighted by atomic mass is 10.1. The maximum absolute atomic E-state index is 13.8. The number of rotatable bonds is 7. The predicted molar refractivity (Wildman–Crippen MR) is 121 cm³/mol. The van der Waals surface area contributed by atoms with E-state index in [0.29, 0.717) is 18.1 Å². The van der Waals surface area contributed by atoms with Crippen LogP contribution in [0.25, 0.3) is 0 Å². The summed E-state index contributed by atoms with van der Waals surface area (Å²) < 4.78 is 39.7. The first-order chi connectivity index (χ1) is 16.3. The maximum atomic E-state index is 13.8. The highest BCUT2D eigenvalue weighted by molar-refractivity contribution is 7.92. The fourth-order valence-electron chi connectivity index (χ4n) is 4.02. The molecular weight excluding hydrogens is 464 g/mol. The molecule has 2 aliphatic rings. The molecule has 1 saturated carbocycles. The van der Waals surface area contributed by atoms with Crippen LogP contribution in [0.1, 0.15) is 36.6 Å². The highest BCUT2D eigenvalue weighted by atomic mass is 32.2. The molecule has 0 spiro atoms. The fraction of sp³-hybridized carbons (Fsp3) is 0.318. The number of aryl methyl sites for hydroxylation is 1. The van der Waals surface area contributed by atoms with E-state index in [-0.39, 0.29) is 35.1 Å². The molecule has 11 nitrogen and oxygen atoms in total. The molecule has 178 valence electrons. The topological polar surface area (TPSA) is 155 Å². The van der Waals surface area contributed by atoms with Crippen LogP contribution in [-0.4, -0.2) is 42.5 Å². The molecule has 3 N–H and O–H groups in total. The van der Waals surface area contributed by atoms with Gasteiger partial charge in [0.15, 0.2) is 0 Å². The molecule has 1 aliphatic heterocycles. The minimum Gasteiger partial charge on any atom is -0.486 e. The third-order valence-electron chi connectivity index (χ3n) is 5.80. The Morgan fingerprint density at radius 3 is 2.76 bits per heavy atom. The fourth-order valence-corrected chi connectivity index (χ4v) is 5.57. The van der Waals surface area contributed by atoms with Crippen molar-refractivity contribution in [1.29, 1.82) is 0 Å². The molecule has 2 heterocycles. The van der Waals surface area contributed by atoms with Gasteiger partial charge in [-0.1, -0.05) is 12.1 Å². The Morgan fingerprint density at radius 1 is 1.24 bits per heavy atom. The summed E-state index contributed by atoms with van der Waals surface area (Å²) in [6.07, 6.45) is 0.883. The quantitative estimate of drug-likeness (QED) is 0.460. The van der Waals surface area contributed by atoms with Gasteiger partial charge in [0.2, 0.25) is 5.89 Å². The number of fused-ring (bicyclic) bond motifs is 1. The minimum absolute atomic E-state index is 0.00578. The van der Waals surface area contributed by atoms with Gasteiger partial charge in [0.25, 0.3) is 10.0 Å². The number of aromatic amines is 1. The number of nitrogens with zero attached hydrogens (tertiary/aromatic N) is 2. The lowest BCUT2D eigenvalue weighted by Gasteiger charge is -2.35. The van der Waals surface area contributed by atoms with E-state index in [0.717, 1.165) is 18.4 Å². The number of sulfonamides is 1. The SMILES string of the molecule is O=C(O)Nc1ccc2c(c1)N(S(=O)(=O)c1cccc(C3CC3)c1)C[C@H](CCc1n[nH]c(=O)o1)O2. The average molecular weight is 487 g/mol. The summed E-state index contributed by atoms with van der Waals surface area (Å²) in [4.78, 5) is 22.5. The van der Waals surface area contributed by atoms with Gasteiger partial charge in [0.1, 0.15) is 11.9 Å². The first kappa shape index (κ1) is 22.0. The largest absolute Gasteiger partial charge is 0.486 e. The number of ether oxygens (including phenoxy) is 1. The molecule has 1 fully saturated rings. The van der Waals surface area contributed by atoms with Crippen LogP contribution in [0, 0.1) is 0 Å². The predicted octanol–water partition coefficient (Wildman–Crippen LogP) is 2.92. The third-order valence-corrected chi connectivity index (χ3v) is 7.58. The standard InChI is InChI=1S/C22H22N4O7S/c27-21(28)23-15-6-8-19-18(11-15)26(12-16(32-19)7-9-20-24-25-22(29)33-20)34(30,31)17-3-1-2-14(10-17)13-4-5-13/h1-3,6,8,10-11,13,16,23H,4-5,7,9,12H2,(H,25,29)(H,27,28)/t16-/m0/s1. The highest BCUT2D eigenvalue weighted by Crippen LogP contribution is 2.42. The van der Waals surface area contributed by atoms with E-state index < -0.39 is 28.0 Å². The number of amides is 1. The molecule has 0 bridgehead atoms. The van der Waals surface area contributed by atoms with Crippen molar-refractivity contribution in [2.45, 2.75) is 42.6 Å². The molecule has 0 unspecified atom stereocenters. The zero-order valence-corrected chi connectivity index (χ0v) is 18.7. The Hall–Kier alpha value is -3.80. The number of aromatic nitrogens is 2. The van der Waals surface area contributed by atoms with E-state index in [2.05, 4.69) is 15.5 Å². The van der Waals surface area contributed by atoms with Crippen molar-refractivity contribution in [3.05, 3.63) is 64.5 Å². The van der Waals surface area contributed by atoms with Crippen molar-refractivity contribution in [3.8, 4) is 5.75 Å². The first-order valence-corrected chi connectivity index (χ1v) is 12.2. The molecule has 0 saturated heterocycles. The number of carboxylic acid groups (broad SMARTS) is 1. The Morgan fingerprint density at radius 2 is 2.06 bits per heavy atom. The molecule has 1 atom stereocenters. The molecule has 2 aromatic carbocycles. The Labute approximate surface area is 194 Å². The Kier molecular flexibility index (Phi) is 5.52. The zero-order chi connectivity index (χ0) is 23.9. The van der Waals surface area contributed by atoms with E-state index in [1.165, 1.54) is 22.5 Å².